The number of hydrogen-bond donors (Lipinski definition) is 10. The Hall–Kier alpha value is -6.81. The van der Waals surface area contributed by atoms with E-state index in [0.29, 0.717) is 24.2 Å². The summed E-state index contributed by atoms with van der Waals surface area (Å²) < 4.78 is 0. The Balaban J connectivity index is 0.000000342. The molecule has 0 saturated heterocycles. The number of phenolic OH excluding ortho intramolecular Hbond substituents is 8. The summed E-state index contributed by atoms with van der Waals surface area (Å²) in [5.74, 6) is 0.710. The zero-order valence-electron chi connectivity index (χ0n) is 37.7. The van der Waals surface area contributed by atoms with E-state index in [0.717, 1.165) is 94.7 Å². The lowest BCUT2D eigenvalue weighted by Gasteiger charge is -2.06. The molecular weight excluding hydrogens is 827 g/mol. The first-order chi connectivity index (χ1) is 31.4. The van der Waals surface area contributed by atoms with Gasteiger partial charge in [0.15, 0.2) is 46.0 Å². The van der Waals surface area contributed by atoms with Gasteiger partial charge >= 0.3 is 0 Å². The first-order valence-electron chi connectivity index (χ1n) is 22.6. The second-order valence-electron chi connectivity index (χ2n) is 15.5. The molecule has 0 aromatic heterocycles. The number of carbonyl (C=O) groups excluding carboxylic acids is 2. The van der Waals surface area contributed by atoms with Crippen LogP contribution in [0.1, 0.15) is 148 Å². The lowest BCUT2D eigenvalue weighted by Crippen LogP contribution is -2.24. The maximum Gasteiger partial charge on any atom is 0.251 e. The second-order valence-corrected chi connectivity index (χ2v) is 15.5. The number of amides is 2. The van der Waals surface area contributed by atoms with Gasteiger partial charge in [0.2, 0.25) is 0 Å². The van der Waals surface area contributed by atoms with Gasteiger partial charge in [0.25, 0.3) is 11.8 Å². The molecule has 4 aromatic rings. The molecule has 0 spiro atoms. The highest BCUT2D eigenvalue weighted by atomic mass is 16.3. The number of phenols is 8. The largest absolute Gasteiger partial charge is 0.504 e. The molecule has 0 radical (unpaired) electrons. The van der Waals surface area contributed by atoms with Crippen LogP contribution in [0.4, 0.5) is 0 Å². The standard InChI is InChI=1S/C21H25NO4.C17H23NO3.C14H21NO3/c23-18-10-8-16(13-20(18)25)7-5-3-1-2-4-6-12-22-15-17-9-11-19(24)21(26)14-17;1-2-3-4-5-6-7-8-9-12-18-17(21)14-10-11-15(19)16(20)13-14;1-2-3-4-5-6-9-15-14(18)11-7-8-12(16)13(17)10-11/h5,7-11,13-15,23-26H,1-4,6,12H2;1,10-11,13,19-20H,3-9,12H2,(H,18,21);7-8,10,16-17H,2-6,9H2,1H3,(H,15,18)/b7-5+,22-15?;;. The van der Waals surface area contributed by atoms with E-state index in [4.69, 9.17) is 11.5 Å². The number of benzene rings is 4. The number of allylic oxidation sites excluding steroid dienone is 1. The highest BCUT2D eigenvalue weighted by molar-refractivity contribution is 5.95. The molecule has 65 heavy (non-hydrogen) atoms. The second kappa shape index (κ2) is 32.8. The average Bonchev–Trinajstić information content (AvgIpc) is 3.29. The molecule has 4 aromatic carbocycles. The Labute approximate surface area is 384 Å². The maximum absolute atomic E-state index is 11.8. The molecule has 10 N–H and O–H groups in total. The highest BCUT2D eigenvalue weighted by Crippen LogP contribution is 2.27. The van der Waals surface area contributed by atoms with Crippen LogP contribution in [-0.4, -0.2) is 78.5 Å². The zero-order chi connectivity index (χ0) is 47.7. The van der Waals surface area contributed by atoms with Crippen molar-refractivity contribution in [2.24, 2.45) is 4.99 Å². The van der Waals surface area contributed by atoms with Gasteiger partial charge in [-0.1, -0.05) is 89.4 Å². The quantitative estimate of drug-likeness (QED) is 0.0131. The van der Waals surface area contributed by atoms with Crippen LogP contribution in [0.25, 0.3) is 6.08 Å². The van der Waals surface area contributed by atoms with Crippen LogP contribution in [0, 0.1) is 12.3 Å². The number of nitrogens with one attached hydrogen (secondary N) is 2. The number of nitrogens with zero attached hydrogens (tertiary/aromatic N) is 1. The van der Waals surface area contributed by atoms with Crippen LogP contribution >= 0.6 is 0 Å². The fourth-order valence-electron chi connectivity index (χ4n) is 6.20. The van der Waals surface area contributed by atoms with E-state index in [2.05, 4.69) is 34.5 Å². The molecule has 13 heteroatoms. The molecule has 0 aliphatic carbocycles. The lowest BCUT2D eigenvalue weighted by molar-refractivity contribution is 0.0944. The predicted molar refractivity (Wildman–Crippen MR) is 258 cm³/mol. The highest BCUT2D eigenvalue weighted by Gasteiger charge is 2.09. The van der Waals surface area contributed by atoms with E-state index in [1.807, 2.05) is 6.08 Å². The average molecular weight is 896 g/mol. The summed E-state index contributed by atoms with van der Waals surface area (Å²) in [5, 5.41) is 79.9. The van der Waals surface area contributed by atoms with Gasteiger partial charge in [-0.05, 0) is 116 Å². The Bertz CT molecular complexity index is 2050. The van der Waals surface area contributed by atoms with Gasteiger partial charge in [-0.2, -0.15) is 0 Å². The lowest BCUT2D eigenvalue weighted by atomic mass is 10.1. The number of aliphatic imine (C=N–C) groups is 1. The summed E-state index contributed by atoms with van der Waals surface area (Å²) in [5.41, 5.74) is 2.35. The van der Waals surface area contributed by atoms with Gasteiger partial charge in [0.05, 0.1) is 0 Å². The first-order valence-corrected chi connectivity index (χ1v) is 22.6. The smallest absolute Gasteiger partial charge is 0.251 e. The number of carbonyl (C=O) groups is 2. The SMILES string of the molecule is C#CCCCCCCCCNC(=O)c1ccc(O)c(O)c1.CCCCCCCNC(=O)c1ccc(O)c(O)c1.Oc1ccc(C=NCCCCCC/C=C/c2ccc(O)c(O)c2)cc1O. The fraction of sp³-hybridized carbons (Fsp3) is 0.404. The minimum atomic E-state index is -0.283. The van der Waals surface area contributed by atoms with E-state index < -0.39 is 0 Å². The predicted octanol–water partition coefficient (Wildman–Crippen LogP) is 10.6. The molecule has 0 fully saturated rings. The van der Waals surface area contributed by atoms with Gasteiger partial charge in [-0.15, -0.1) is 12.3 Å². The van der Waals surface area contributed by atoms with Crippen molar-refractivity contribution in [2.45, 2.75) is 116 Å². The molecule has 0 atom stereocenters. The minimum Gasteiger partial charge on any atom is -0.504 e. The Morgan fingerprint density at radius 2 is 0.954 bits per heavy atom. The van der Waals surface area contributed by atoms with E-state index in [1.54, 1.807) is 18.3 Å². The van der Waals surface area contributed by atoms with Crippen molar-refractivity contribution in [3.8, 4) is 58.3 Å². The molecule has 13 nitrogen and oxygen atoms in total. The van der Waals surface area contributed by atoms with Crippen LogP contribution in [0.2, 0.25) is 0 Å². The molecule has 352 valence electrons. The van der Waals surface area contributed by atoms with Crippen molar-refractivity contribution in [3.05, 3.63) is 101 Å². The van der Waals surface area contributed by atoms with Crippen molar-refractivity contribution in [2.75, 3.05) is 19.6 Å². The molecule has 0 aliphatic heterocycles. The Morgan fingerprint density at radius 1 is 0.523 bits per heavy atom. The molecular formula is C52H69N3O10. The van der Waals surface area contributed by atoms with E-state index in [-0.39, 0.29) is 57.8 Å². The van der Waals surface area contributed by atoms with Crippen LogP contribution in [-0.2, 0) is 0 Å². The number of hydrogen-bond acceptors (Lipinski definition) is 11. The zero-order valence-corrected chi connectivity index (χ0v) is 37.7. The fourth-order valence-corrected chi connectivity index (χ4v) is 6.20. The molecule has 0 unspecified atom stereocenters. The third-order valence-electron chi connectivity index (χ3n) is 10.0. The van der Waals surface area contributed by atoms with Crippen molar-refractivity contribution in [3.63, 3.8) is 0 Å². The summed E-state index contributed by atoms with van der Waals surface area (Å²) in [6.45, 7) is 4.17. The van der Waals surface area contributed by atoms with Crippen molar-refractivity contribution in [1.29, 1.82) is 0 Å². The summed E-state index contributed by atoms with van der Waals surface area (Å²) in [6.07, 6.45) is 29.4. The summed E-state index contributed by atoms with van der Waals surface area (Å²) in [7, 11) is 0. The van der Waals surface area contributed by atoms with Gasteiger partial charge in [-0.25, -0.2) is 0 Å². The van der Waals surface area contributed by atoms with Gasteiger partial charge in [0, 0.05) is 43.4 Å². The Kier molecular flexibility index (Phi) is 27.4. The van der Waals surface area contributed by atoms with Crippen LogP contribution in [0.3, 0.4) is 0 Å². The number of aromatic hydroxyl groups is 8. The summed E-state index contributed by atoms with van der Waals surface area (Å²) >= 11 is 0. The van der Waals surface area contributed by atoms with Crippen LogP contribution < -0.4 is 10.6 Å². The number of terminal acetylenes is 1. The van der Waals surface area contributed by atoms with Gasteiger partial charge in [0.1, 0.15) is 0 Å². The van der Waals surface area contributed by atoms with Crippen molar-refractivity contribution < 1.29 is 50.4 Å². The van der Waals surface area contributed by atoms with Crippen LogP contribution in [0.5, 0.6) is 46.0 Å². The number of unbranched alkanes of at least 4 members (excludes halogenated alkanes) is 14. The molecule has 4 rings (SSSR count). The molecule has 0 bridgehead atoms. The normalized spacial score (nSPS) is 10.7. The maximum atomic E-state index is 11.8. The van der Waals surface area contributed by atoms with Crippen LogP contribution in [0.15, 0.2) is 83.9 Å². The molecule has 0 heterocycles. The van der Waals surface area contributed by atoms with Gasteiger partial charge in [-0.3, -0.25) is 14.6 Å². The molecule has 2 amide bonds. The van der Waals surface area contributed by atoms with E-state index in [9.17, 15) is 45.3 Å². The van der Waals surface area contributed by atoms with E-state index >= 15 is 0 Å². The van der Waals surface area contributed by atoms with Crippen molar-refractivity contribution in [1.82, 2.24) is 10.6 Å². The summed E-state index contributed by atoms with van der Waals surface area (Å²) in [6, 6.07) is 17.5. The Morgan fingerprint density at radius 3 is 1.46 bits per heavy atom. The third-order valence-corrected chi connectivity index (χ3v) is 10.0. The van der Waals surface area contributed by atoms with E-state index in [1.165, 1.54) is 92.8 Å². The first kappa shape index (κ1) is 54.3. The third kappa shape index (κ3) is 24.0. The molecule has 0 aliphatic rings. The summed E-state index contributed by atoms with van der Waals surface area (Å²) in [4.78, 5) is 27.8. The van der Waals surface area contributed by atoms with Crippen molar-refractivity contribution >= 4 is 24.1 Å². The molecule has 0 saturated carbocycles. The van der Waals surface area contributed by atoms with Gasteiger partial charge < -0.3 is 51.5 Å². The topological polar surface area (TPSA) is 232 Å². The monoisotopic (exact) mass is 895 g/mol. The minimum absolute atomic E-state index is 0.102. The number of rotatable bonds is 25.